The van der Waals surface area contributed by atoms with E-state index in [2.05, 4.69) is 15.5 Å². The van der Waals surface area contributed by atoms with Crippen molar-refractivity contribution in [1.82, 2.24) is 15.5 Å². The highest BCUT2D eigenvalue weighted by Gasteiger charge is 2.21. The molecule has 1 atom stereocenters. The first-order valence-electron chi connectivity index (χ1n) is 8.92. The molecule has 0 saturated carbocycles. The van der Waals surface area contributed by atoms with Gasteiger partial charge in [-0.1, -0.05) is 29.4 Å². The Morgan fingerprint density at radius 3 is 2.79 bits per heavy atom. The lowest BCUT2D eigenvalue weighted by Crippen LogP contribution is -2.40. The molecule has 1 aliphatic heterocycles. The number of fused-ring (bicyclic) bond motifs is 1. The maximum Gasteiger partial charge on any atom is 0.227 e. The summed E-state index contributed by atoms with van der Waals surface area (Å²) in [4.78, 5) is 16.2. The second-order valence-electron chi connectivity index (χ2n) is 6.29. The Morgan fingerprint density at radius 1 is 1.14 bits per heavy atom. The zero-order chi connectivity index (χ0) is 19.3. The van der Waals surface area contributed by atoms with Gasteiger partial charge in [0.1, 0.15) is 18.5 Å². The van der Waals surface area contributed by atoms with Gasteiger partial charge in [0.05, 0.1) is 12.1 Å². The molecule has 8 heteroatoms. The number of aryl methyl sites for hydroxylation is 1. The van der Waals surface area contributed by atoms with Crippen LogP contribution in [0.1, 0.15) is 12.3 Å². The highest BCUT2D eigenvalue weighted by molar-refractivity contribution is 5.76. The van der Waals surface area contributed by atoms with Gasteiger partial charge in [0.15, 0.2) is 11.5 Å². The third-order valence-corrected chi connectivity index (χ3v) is 4.24. The van der Waals surface area contributed by atoms with Crippen LogP contribution < -0.4 is 14.8 Å². The number of hydrogen-bond donors (Lipinski definition) is 1. The van der Waals surface area contributed by atoms with Crippen molar-refractivity contribution in [3.8, 4) is 22.9 Å². The lowest BCUT2D eigenvalue weighted by Gasteiger charge is -2.26. The molecule has 3 aromatic rings. The van der Waals surface area contributed by atoms with E-state index in [0.717, 1.165) is 0 Å². The van der Waals surface area contributed by atoms with Crippen molar-refractivity contribution in [3.05, 3.63) is 60.2 Å². The summed E-state index contributed by atoms with van der Waals surface area (Å²) in [6.07, 6.45) is 0.177. The predicted octanol–water partition coefficient (Wildman–Crippen LogP) is 2.76. The standard InChI is InChI=1S/C20H18FN3O4/c21-15-6-2-1-5-14(15)20-23-19(28-24-20)10-9-18(25)22-11-13-12-26-16-7-3-4-8-17(16)27-13/h1-8,13H,9-12H2,(H,22,25). The van der Waals surface area contributed by atoms with E-state index in [1.165, 1.54) is 6.07 Å². The van der Waals surface area contributed by atoms with Crippen molar-refractivity contribution < 1.29 is 23.2 Å². The summed E-state index contributed by atoms with van der Waals surface area (Å²) in [6, 6.07) is 13.6. The lowest BCUT2D eigenvalue weighted by molar-refractivity contribution is -0.121. The van der Waals surface area contributed by atoms with Crippen LogP contribution in [0, 0.1) is 5.82 Å². The van der Waals surface area contributed by atoms with Gasteiger partial charge in [-0.05, 0) is 24.3 Å². The van der Waals surface area contributed by atoms with E-state index in [1.807, 2.05) is 24.3 Å². The molecule has 1 N–H and O–H groups in total. The summed E-state index contributed by atoms with van der Waals surface area (Å²) in [5.74, 6) is 1.21. The van der Waals surface area contributed by atoms with Crippen molar-refractivity contribution in [2.24, 2.45) is 0 Å². The van der Waals surface area contributed by atoms with Crippen LogP contribution in [0.4, 0.5) is 4.39 Å². The topological polar surface area (TPSA) is 86.5 Å². The molecule has 2 heterocycles. The van der Waals surface area contributed by atoms with Gasteiger partial charge in [-0.25, -0.2) is 4.39 Å². The number of nitrogens with zero attached hydrogens (tertiary/aromatic N) is 2. The third kappa shape index (κ3) is 4.11. The van der Waals surface area contributed by atoms with Gasteiger partial charge in [-0.2, -0.15) is 4.98 Å². The van der Waals surface area contributed by atoms with Gasteiger partial charge in [0.25, 0.3) is 0 Å². The number of para-hydroxylation sites is 2. The van der Waals surface area contributed by atoms with Crippen molar-refractivity contribution in [3.63, 3.8) is 0 Å². The van der Waals surface area contributed by atoms with E-state index in [-0.39, 0.29) is 42.1 Å². The maximum absolute atomic E-state index is 13.8. The summed E-state index contributed by atoms with van der Waals surface area (Å²) in [5, 5.41) is 6.58. The first kappa shape index (κ1) is 18.0. The van der Waals surface area contributed by atoms with Crippen LogP contribution >= 0.6 is 0 Å². The molecule has 0 fully saturated rings. The highest BCUT2D eigenvalue weighted by atomic mass is 19.1. The monoisotopic (exact) mass is 383 g/mol. The average Bonchev–Trinajstić information content (AvgIpc) is 3.19. The number of amides is 1. The lowest BCUT2D eigenvalue weighted by atomic mass is 10.2. The van der Waals surface area contributed by atoms with Crippen molar-refractivity contribution in [2.45, 2.75) is 18.9 Å². The van der Waals surface area contributed by atoms with Crippen LogP contribution in [0.25, 0.3) is 11.4 Å². The molecule has 4 rings (SSSR count). The Hall–Kier alpha value is -3.42. The quantitative estimate of drug-likeness (QED) is 0.704. The molecule has 0 spiro atoms. The van der Waals surface area contributed by atoms with Gasteiger partial charge in [-0.3, -0.25) is 4.79 Å². The Bertz CT molecular complexity index is 975. The van der Waals surface area contributed by atoms with E-state index in [4.69, 9.17) is 14.0 Å². The van der Waals surface area contributed by atoms with Gasteiger partial charge in [0.2, 0.25) is 17.6 Å². The molecule has 1 aliphatic rings. The minimum Gasteiger partial charge on any atom is -0.486 e. The van der Waals surface area contributed by atoms with Crippen molar-refractivity contribution >= 4 is 5.91 Å². The average molecular weight is 383 g/mol. The number of benzene rings is 2. The van der Waals surface area contributed by atoms with E-state index in [1.54, 1.807) is 18.2 Å². The number of nitrogens with one attached hydrogen (secondary N) is 1. The van der Waals surface area contributed by atoms with E-state index < -0.39 is 5.82 Å². The van der Waals surface area contributed by atoms with Crippen LogP contribution in [0.15, 0.2) is 53.1 Å². The Morgan fingerprint density at radius 2 is 1.93 bits per heavy atom. The second-order valence-corrected chi connectivity index (χ2v) is 6.29. The summed E-state index contributed by atoms with van der Waals surface area (Å²) in [6.45, 7) is 0.699. The minimum absolute atomic E-state index is 0.167. The van der Waals surface area contributed by atoms with E-state index >= 15 is 0 Å². The van der Waals surface area contributed by atoms with E-state index in [0.29, 0.717) is 24.7 Å². The molecule has 28 heavy (non-hydrogen) atoms. The molecule has 0 aliphatic carbocycles. The van der Waals surface area contributed by atoms with Gasteiger partial charge in [0, 0.05) is 12.8 Å². The smallest absolute Gasteiger partial charge is 0.227 e. The van der Waals surface area contributed by atoms with Gasteiger partial charge >= 0.3 is 0 Å². The summed E-state index contributed by atoms with van der Waals surface area (Å²) >= 11 is 0. The van der Waals surface area contributed by atoms with Crippen LogP contribution in [-0.2, 0) is 11.2 Å². The molecule has 2 aromatic carbocycles. The molecule has 0 saturated heterocycles. The molecule has 7 nitrogen and oxygen atoms in total. The first-order chi connectivity index (χ1) is 13.7. The number of ether oxygens (including phenoxy) is 2. The number of halogens is 1. The molecule has 1 unspecified atom stereocenters. The normalized spacial score (nSPS) is 15.2. The number of rotatable bonds is 6. The van der Waals surface area contributed by atoms with Crippen molar-refractivity contribution in [2.75, 3.05) is 13.2 Å². The minimum atomic E-state index is -0.427. The summed E-state index contributed by atoms with van der Waals surface area (Å²) in [7, 11) is 0. The SMILES string of the molecule is O=C(CCc1nc(-c2ccccc2F)no1)NCC1COc2ccccc2O1. The fourth-order valence-corrected chi connectivity index (χ4v) is 2.81. The highest BCUT2D eigenvalue weighted by Crippen LogP contribution is 2.30. The molecule has 144 valence electrons. The molecule has 1 aromatic heterocycles. The number of hydrogen-bond acceptors (Lipinski definition) is 6. The Labute approximate surface area is 160 Å². The fourth-order valence-electron chi connectivity index (χ4n) is 2.81. The van der Waals surface area contributed by atoms with Crippen LogP contribution in [0.2, 0.25) is 0 Å². The molecular weight excluding hydrogens is 365 g/mol. The molecule has 1 amide bonds. The number of carbonyl (C=O) groups excluding carboxylic acids is 1. The molecule has 0 bridgehead atoms. The van der Waals surface area contributed by atoms with E-state index in [9.17, 15) is 9.18 Å². The van der Waals surface area contributed by atoms with Crippen LogP contribution in [0.3, 0.4) is 0 Å². The zero-order valence-electron chi connectivity index (χ0n) is 14.9. The van der Waals surface area contributed by atoms with Gasteiger partial charge < -0.3 is 19.3 Å². The predicted molar refractivity (Wildman–Crippen MR) is 97.4 cm³/mol. The molecular formula is C20H18FN3O4. The first-order valence-corrected chi connectivity index (χ1v) is 8.92. The van der Waals surface area contributed by atoms with Crippen LogP contribution in [-0.4, -0.2) is 35.3 Å². The second kappa shape index (κ2) is 8.08. The Balaban J connectivity index is 1.25. The number of aromatic nitrogens is 2. The fraction of sp³-hybridized carbons (Fsp3) is 0.250. The van der Waals surface area contributed by atoms with Crippen LogP contribution in [0.5, 0.6) is 11.5 Å². The summed E-state index contributed by atoms with van der Waals surface area (Å²) in [5.41, 5.74) is 0.261. The Kier molecular flexibility index (Phi) is 5.18. The van der Waals surface area contributed by atoms with Crippen molar-refractivity contribution in [1.29, 1.82) is 0 Å². The summed E-state index contributed by atoms with van der Waals surface area (Å²) < 4.78 is 30.3. The third-order valence-electron chi connectivity index (χ3n) is 4.24. The largest absolute Gasteiger partial charge is 0.486 e. The van der Waals surface area contributed by atoms with Gasteiger partial charge in [-0.15, -0.1) is 0 Å². The molecule has 0 radical (unpaired) electrons. The number of carbonyl (C=O) groups is 1. The maximum atomic E-state index is 13.8. The zero-order valence-corrected chi connectivity index (χ0v) is 14.9.